The van der Waals surface area contributed by atoms with E-state index in [1.807, 2.05) is 52.1 Å². The van der Waals surface area contributed by atoms with Gasteiger partial charge in [-0.25, -0.2) is 4.79 Å². The molecule has 1 aromatic rings. The van der Waals surface area contributed by atoms with Gasteiger partial charge in [-0.3, -0.25) is 4.79 Å². The van der Waals surface area contributed by atoms with Crippen molar-refractivity contribution in [2.24, 2.45) is 11.7 Å². The third-order valence-corrected chi connectivity index (χ3v) is 6.38. The lowest BCUT2D eigenvalue weighted by atomic mass is 9.86. The van der Waals surface area contributed by atoms with Gasteiger partial charge in [-0.15, -0.1) is 0 Å². The highest BCUT2D eigenvalue weighted by atomic mass is 35.5. The smallest absolute Gasteiger partial charge is 0.314 e. The molecule has 38 heavy (non-hydrogen) atoms. The Morgan fingerprint density at radius 3 is 2.34 bits per heavy atom. The molecule has 3 N–H and O–H groups in total. The van der Waals surface area contributed by atoms with Crippen LogP contribution < -0.4 is 11.1 Å². The highest BCUT2D eigenvalue weighted by Crippen LogP contribution is 2.27. The molecule has 0 saturated heterocycles. The molecule has 222 valence electrons. The summed E-state index contributed by atoms with van der Waals surface area (Å²) in [5, 5.41) is 3.73. The van der Waals surface area contributed by atoms with E-state index >= 15 is 0 Å². The minimum Gasteiger partial charge on any atom is -0.471 e. The number of halogens is 1. The Labute approximate surface area is 238 Å². The van der Waals surface area contributed by atoms with Gasteiger partial charge in [0.15, 0.2) is 0 Å². The van der Waals surface area contributed by atoms with E-state index in [0.717, 1.165) is 24.4 Å². The van der Waals surface area contributed by atoms with Crippen LogP contribution in [0.15, 0.2) is 24.3 Å². The maximum absolute atomic E-state index is 11.4. The van der Waals surface area contributed by atoms with Crippen molar-refractivity contribution < 1.29 is 19.1 Å². The lowest BCUT2D eigenvalue weighted by Gasteiger charge is -2.24. The molecule has 1 aromatic carbocycles. The zero-order valence-corrected chi connectivity index (χ0v) is 25.7. The molecular weight excluding hydrogens is 502 g/mol. The number of benzene rings is 1. The number of nitrogens with one attached hydrogen (secondary N) is 1. The van der Waals surface area contributed by atoms with Crippen LogP contribution in [0, 0.1) is 5.92 Å². The molecule has 1 unspecified atom stereocenters. The van der Waals surface area contributed by atoms with Gasteiger partial charge in [0.1, 0.15) is 0 Å². The number of likely N-dealkylation sites (N-methyl/N-ethyl adjacent to an activating group) is 1. The van der Waals surface area contributed by atoms with Crippen LogP contribution in [0.3, 0.4) is 0 Å². The summed E-state index contributed by atoms with van der Waals surface area (Å²) in [5.74, 6) is 1.11. The third-order valence-electron chi connectivity index (χ3n) is 6.14. The van der Waals surface area contributed by atoms with Crippen molar-refractivity contribution in [3.05, 3.63) is 34.9 Å². The van der Waals surface area contributed by atoms with Crippen LogP contribution in [0.25, 0.3) is 0 Å². The van der Waals surface area contributed by atoms with E-state index in [2.05, 4.69) is 17.0 Å². The Hall–Kier alpha value is -1.83. The molecule has 0 radical (unpaired) electrons. The van der Waals surface area contributed by atoms with Gasteiger partial charge in [-0.05, 0) is 43.5 Å². The lowest BCUT2D eigenvalue weighted by molar-refractivity contribution is -0.126. The number of primary amides is 1. The van der Waals surface area contributed by atoms with E-state index < -0.39 is 0 Å². The molecular formula is C30H56ClN3O4. The van der Waals surface area contributed by atoms with Gasteiger partial charge in [-0.2, -0.15) is 0 Å². The zero-order chi connectivity index (χ0) is 29.0. The minimum absolute atomic E-state index is 0.106. The van der Waals surface area contributed by atoms with Crippen molar-refractivity contribution >= 4 is 24.1 Å². The van der Waals surface area contributed by atoms with Gasteiger partial charge in [-0.1, -0.05) is 103 Å². The predicted octanol–water partition coefficient (Wildman–Crippen LogP) is 7.37. The van der Waals surface area contributed by atoms with E-state index in [-0.39, 0.29) is 12.1 Å². The standard InChI is InChI=1S/C16H26ClN3O2.C10H20.C2H4O2.C2H6/c1-3-9-20(16(18)21)10-7-15(22-11-8-19-2)13-5-4-6-14(17)12-13;1-2-3-7-10-8-5-4-6-9-10;1-4-2-3;1-2/h4-6,12,15,19H,3,7-11H2,1-2H3,(H2,18,21);10H,2-9H2,1H3;2H,1H3;1-2H3. The molecule has 1 aliphatic rings. The Bertz CT molecular complexity index is 673. The molecule has 7 nitrogen and oxygen atoms in total. The van der Waals surface area contributed by atoms with Crippen molar-refractivity contribution in [1.82, 2.24) is 10.2 Å². The summed E-state index contributed by atoms with van der Waals surface area (Å²) < 4.78 is 9.79. The van der Waals surface area contributed by atoms with Crippen molar-refractivity contribution in [2.75, 3.05) is 40.4 Å². The van der Waals surface area contributed by atoms with Crippen LogP contribution in [-0.2, 0) is 14.3 Å². The summed E-state index contributed by atoms with van der Waals surface area (Å²) in [6, 6.07) is 7.25. The molecule has 0 heterocycles. The topological polar surface area (TPSA) is 93.9 Å². The fourth-order valence-corrected chi connectivity index (χ4v) is 4.40. The van der Waals surface area contributed by atoms with E-state index in [9.17, 15) is 4.79 Å². The Morgan fingerprint density at radius 2 is 1.84 bits per heavy atom. The zero-order valence-electron chi connectivity index (χ0n) is 25.0. The quantitative estimate of drug-likeness (QED) is 0.184. The van der Waals surface area contributed by atoms with Crippen LogP contribution in [-0.4, -0.2) is 57.8 Å². The van der Waals surface area contributed by atoms with Crippen LogP contribution >= 0.6 is 11.6 Å². The van der Waals surface area contributed by atoms with Gasteiger partial charge < -0.3 is 25.4 Å². The number of rotatable bonds is 14. The number of nitrogens with two attached hydrogens (primary N) is 1. The molecule has 0 spiro atoms. The number of unbranched alkanes of at least 4 members (excludes halogenated alkanes) is 1. The first-order valence-electron chi connectivity index (χ1n) is 14.5. The average Bonchev–Trinajstić information content (AvgIpc) is 2.95. The molecule has 2 amide bonds. The molecule has 1 saturated carbocycles. The summed E-state index contributed by atoms with van der Waals surface area (Å²) in [6.07, 6.45) is 13.4. The Kier molecular flexibility index (Phi) is 28.4. The molecule has 8 heteroatoms. The fourth-order valence-electron chi connectivity index (χ4n) is 4.20. The Balaban J connectivity index is 0. The van der Waals surface area contributed by atoms with E-state index in [1.54, 1.807) is 4.90 Å². The fraction of sp³-hybridized carbons (Fsp3) is 0.733. The first kappa shape index (κ1) is 38.3. The number of urea groups is 1. The number of nitrogens with zero attached hydrogens (tertiary/aromatic N) is 1. The van der Waals surface area contributed by atoms with E-state index in [1.165, 1.54) is 58.5 Å². The van der Waals surface area contributed by atoms with E-state index in [4.69, 9.17) is 26.9 Å². The molecule has 1 fully saturated rings. The molecule has 1 aliphatic carbocycles. The number of amides is 2. The van der Waals surface area contributed by atoms with Crippen molar-refractivity contribution in [2.45, 2.75) is 98.0 Å². The van der Waals surface area contributed by atoms with E-state index in [0.29, 0.717) is 37.6 Å². The summed E-state index contributed by atoms with van der Waals surface area (Å²) >= 11 is 6.06. The van der Waals surface area contributed by atoms with Gasteiger partial charge in [0.25, 0.3) is 6.47 Å². The lowest BCUT2D eigenvalue weighted by Crippen LogP contribution is -2.37. The summed E-state index contributed by atoms with van der Waals surface area (Å²) in [6.45, 7) is 11.3. The second-order valence-corrected chi connectivity index (χ2v) is 9.55. The van der Waals surface area contributed by atoms with Crippen LogP contribution in [0.4, 0.5) is 4.79 Å². The van der Waals surface area contributed by atoms with Crippen LogP contribution in [0.5, 0.6) is 0 Å². The molecule has 0 bridgehead atoms. The largest absolute Gasteiger partial charge is 0.471 e. The number of hydrogen-bond donors (Lipinski definition) is 2. The predicted molar refractivity (Wildman–Crippen MR) is 161 cm³/mol. The third kappa shape index (κ3) is 21.1. The number of methoxy groups -OCH3 is 1. The van der Waals surface area contributed by atoms with Gasteiger partial charge >= 0.3 is 6.03 Å². The number of carbonyl (C=O) groups excluding carboxylic acids is 2. The Morgan fingerprint density at radius 1 is 1.18 bits per heavy atom. The van der Waals surface area contributed by atoms with Crippen molar-refractivity contribution in [3.8, 4) is 0 Å². The van der Waals surface area contributed by atoms with Crippen molar-refractivity contribution in [1.29, 1.82) is 0 Å². The minimum atomic E-state index is -0.387. The second kappa shape index (κ2) is 28.2. The van der Waals surface area contributed by atoms with Crippen LogP contribution in [0.2, 0.25) is 5.02 Å². The molecule has 1 atom stereocenters. The first-order chi connectivity index (χ1) is 18.4. The normalized spacial score (nSPS) is 13.3. The molecule has 0 aliphatic heterocycles. The second-order valence-electron chi connectivity index (χ2n) is 9.11. The molecule has 0 aromatic heterocycles. The number of ether oxygens (including phenoxy) is 2. The maximum atomic E-state index is 11.4. The van der Waals surface area contributed by atoms with Gasteiger partial charge in [0, 0.05) is 24.7 Å². The van der Waals surface area contributed by atoms with Crippen LogP contribution in [0.1, 0.15) is 104 Å². The number of carbonyl (C=O) groups is 2. The monoisotopic (exact) mass is 557 g/mol. The average molecular weight is 558 g/mol. The first-order valence-corrected chi connectivity index (χ1v) is 14.8. The van der Waals surface area contributed by atoms with Crippen molar-refractivity contribution in [3.63, 3.8) is 0 Å². The summed E-state index contributed by atoms with van der Waals surface area (Å²) in [4.78, 5) is 22.0. The highest BCUT2D eigenvalue weighted by Gasteiger charge is 2.16. The van der Waals surface area contributed by atoms with Gasteiger partial charge in [0.2, 0.25) is 0 Å². The van der Waals surface area contributed by atoms with Gasteiger partial charge in [0.05, 0.1) is 19.8 Å². The summed E-state index contributed by atoms with van der Waals surface area (Å²) in [7, 11) is 3.20. The maximum Gasteiger partial charge on any atom is 0.314 e. The SMILES string of the molecule is CC.CCCCC1CCCCC1.CCCN(CCC(OCCNC)c1cccc(Cl)c1)C(N)=O.COC=O. The number of hydrogen-bond acceptors (Lipinski definition) is 5. The highest BCUT2D eigenvalue weighted by molar-refractivity contribution is 6.30. The summed E-state index contributed by atoms with van der Waals surface area (Å²) in [5.41, 5.74) is 6.43. The molecule has 2 rings (SSSR count).